The maximum absolute atomic E-state index is 11.1. The first-order valence-corrected chi connectivity index (χ1v) is 5.54. The Labute approximate surface area is 100 Å². The number of aliphatic carboxylic acids is 1. The number of carbonyl (C=O) groups excluding carboxylic acids is 1. The molecule has 0 bridgehead atoms. The molecular formula is C13H17NO3. The van der Waals surface area contributed by atoms with E-state index in [1.165, 1.54) is 6.92 Å². The van der Waals surface area contributed by atoms with Crippen molar-refractivity contribution >= 4 is 11.9 Å². The number of rotatable bonds is 6. The van der Waals surface area contributed by atoms with Crippen molar-refractivity contribution in [3.05, 3.63) is 35.9 Å². The predicted molar refractivity (Wildman–Crippen MR) is 64.3 cm³/mol. The lowest BCUT2D eigenvalue weighted by Gasteiger charge is -2.20. The van der Waals surface area contributed by atoms with Gasteiger partial charge < -0.3 is 10.8 Å². The van der Waals surface area contributed by atoms with Gasteiger partial charge >= 0.3 is 5.97 Å². The summed E-state index contributed by atoms with van der Waals surface area (Å²) in [5.41, 5.74) is 4.80. The maximum atomic E-state index is 11.1. The van der Waals surface area contributed by atoms with Crippen molar-refractivity contribution in [2.75, 3.05) is 0 Å². The number of carboxylic acids is 1. The van der Waals surface area contributed by atoms with Gasteiger partial charge in [0.05, 0.1) is 0 Å². The average molecular weight is 235 g/mol. The Morgan fingerprint density at radius 1 is 1.29 bits per heavy atom. The van der Waals surface area contributed by atoms with Crippen LogP contribution in [-0.4, -0.2) is 17.0 Å². The Morgan fingerprint density at radius 3 is 2.35 bits per heavy atom. The predicted octanol–water partition coefficient (Wildman–Crippen LogP) is 1.59. The maximum Gasteiger partial charge on any atom is 0.318 e. The highest BCUT2D eigenvalue weighted by molar-refractivity contribution is 6.00. The molecule has 1 aromatic carbocycles. The van der Waals surface area contributed by atoms with Crippen LogP contribution in [0.5, 0.6) is 0 Å². The van der Waals surface area contributed by atoms with Crippen LogP contribution >= 0.6 is 0 Å². The van der Waals surface area contributed by atoms with Gasteiger partial charge in [-0.2, -0.15) is 0 Å². The monoisotopic (exact) mass is 235 g/mol. The van der Waals surface area contributed by atoms with Crippen LogP contribution < -0.4 is 5.73 Å². The minimum atomic E-state index is -1.46. The lowest BCUT2D eigenvalue weighted by molar-refractivity contribution is -0.154. The summed E-state index contributed by atoms with van der Waals surface area (Å²) >= 11 is 0. The van der Waals surface area contributed by atoms with Gasteiger partial charge in [0.15, 0.2) is 0 Å². The first kappa shape index (κ1) is 13.2. The van der Waals surface area contributed by atoms with Crippen LogP contribution in [0.3, 0.4) is 0 Å². The van der Waals surface area contributed by atoms with Gasteiger partial charge in [0.25, 0.3) is 0 Å². The Morgan fingerprint density at radius 2 is 1.88 bits per heavy atom. The number of amides is 1. The average Bonchev–Trinajstić information content (AvgIpc) is 2.29. The summed E-state index contributed by atoms with van der Waals surface area (Å²) < 4.78 is 0. The zero-order chi connectivity index (χ0) is 12.9. The fourth-order valence-electron chi connectivity index (χ4n) is 1.63. The Kier molecular flexibility index (Phi) is 4.26. The Hall–Kier alpha value is -1.84. The number of hydrogen-bond acceptors (Lipinski definition) is 2. The second-order valence-electron chi connectivity index (χ2n) is 4.34. The lowest BCUT2D eigenvalue weighted by atomic mass is 9.84. The molecule has 0 spiro atoms. The minimum absolute atomic E-state index is 0.257. The zero-order valence-electron chi connectivity index (χ0n) is 9.85. The van der Waals surface area contributed by atoms with E-state index in [4.69, 9.17) is 10.8 Å². The number of aryl methyl sites for hydroxylation is 1. The first-order chi connectivity index (χ1) is 7.97. The van der Waals surface area contributed by atoms with Crippen LogP contribution in [0.1, 0.15) is 25.3 Å². The largest absolute Gasteiger partial charge is 0.480 e. The molecule has 1 amide bonds. The minimum Gasteiger partial charge on any atom is -0.480 e. The molecule has 1 atom stereocenters. The van der Waals surface area contributed by atoms with Crippen molar-refractivity contribution in [3.8, 4) is 0 Å². The number of carbonyl (C=O) groups is 2. The summed E-state index contributed by atoms with van der Waals surface area (Å²) in [5.74, 6) is -1.93. The molecular weight excluding hydrogens is 218 g/mol. The van der Waals surface area contributed by atoms with Gasteiger partial charge in [0.1, 0.15) is 5.41 Å². The third kappa shape index (κ3) is 3.31. The second-order valence-corrected chi connectivity index (χ2v) is 4.34. The molecule has 4 nitrogen and oxygen atoms in total. The molecule has 1 unspecified atom stereocenters. The Balaban J connectivity index is 2.55. The highest BCUT2D eigenvalue weighted by Crippen LogP contribution is 2.24. The molecule has 0 aliphatic carbocycles. The molecule has 0 aliphatic heterocycles. The van der Waals surface area contributed by atoms with Crippen LogP contribution in [0, 0.1) is 5.41 Å². The normalized spacial score (nSPS) is 13.9. The van der Waals surface area contributed by atoms with Gasteiger partial charge in [-0.3, -0.25) is 9.59 Å². The molecule has 3 N–H and O–H groups in total. The summed E-state index contributed by atoms with van der Waals surface area (Å²) in [6.45, 7) is 1.38. The van der Waals surface area contributed by atoms with Crippen LogP contribution in [0.25, 0.3) is 0 Å². The molecule has 92 valence electrons. The second kappa shape index (κ2) is 5.48. The molecule has 0 aliphatic rings. The van der Waals surface area contributed by atoms with E-state index < -0.39 is 17.3 Å². The number of carboxylic acid groups (broad SMARTS) is 1. The third-order valence-corrected chi connectivity index (χ3v) is 3.00. The Bertz CT molecular complexity index is 386. The van der Waals surface area contributed by atoms with E-state index in [9.17, 15) is 9.59 Å². The van der Waals surface area contributed by atoms with Crippen LogP contribution in [0.2, 0.25) is 0 Å². The highest BCUT2D eigenvalue weighted by atomic mass is 16.4. The first-order valence-electron chi connectivity index (χ1n) is 5.54. The summed E-state index contributed by atoms with van der Waals surface area (Å²) in [6.07, 6.45) is 1.62. The van der Waals surface area contributed by atoms with Gasteiger partial charge in [-0.15, -0.1) is 0 Å². The van der Waals surface area contributed by atoms with Gasteiger partial charge in [-0.1, -0.05) is 30.3 Å². The summed E-state index contributed by atoms with van der Waals surface area (Å²) in [6, 6.07) is 9.73. The molecule has 0 aromatic heterocycles. The van der Waals surface area contributed by atoms with E-state index in [0.29, 0.717) is 6.42 Å². The van der Waals surface area contributed by atoms with Crippen molar-refractivity contribution in [1.82, 2.24) is 0 Å². The van der Waals surface area contributed by atoms with E-state index in [2.05, 4.69) is 0 Å². The van der Waals surface area contributed by atoms with Crippen LogP contribution in [0.15, 0.2) is 30.3 Å². The summed E-state index contributed by atoms with van der Waals surface area (Å²) in [7, 11) is 0. The van der Waals surface area contributed by atoms with Crippen LogP contribution in [-0.2, 0) is 16.0 Å². The quantitative estimate of drug-likeness (QED) is 0.735. The van der Waals surface area contributed by atoms with Gasteiger partial charge in [0.2, 0.25) is 5.91 Å². The van der Waals surface area contributed by atoms with Crippen molar-refractivity contribution < 1.29 is 14.7 Å². The van der Waals surface area contributed by atoms with Crippen molar-refractivity contribution in [2.45, 2.75) is 26.2 Å². The number of hydrogen-bond donors (Lipinski definition) is 2. The third-order valence-electron chi connectivity index (χ3n) is 3.00. The molecule has 0 saturated carbocycles. The molecule has 0 saturated heterocycles. The van der Waals surface area contributed by atoms with Crippen LogP contribution in [0.4, 0.5) is 0 Å². The molecule has 0 heterocycles. The summed E-state index contributed by atoms with van der Waals surface area (Å²) in [4.78, 5) is 22.2. The number of benzene rings is 1. The van der Waals surface area contributed by atoms with Crippen molar-refractivity contribution in [1.29, 1.82) is 0 Å². The van der Waals surface area contributed by atoms with Crippen molar-refractivity contribution in [3.63, 3.8) is 0 Å². The fraction of sp³-hybridized carbons (Fsp3) is 0.385. The van der Waals surface area contributed by atoms with Gasteiger partial charge in [-0.25, -0.2) is 0 Å². The lowest BCUT2D eigenvalue weighted by Crippen LogP contribution is -2.41. The molecule has 0 fully saturated rings. The molecule has 17 heavy (non-hydrogen) atoms. The zero-order valence-corrected chi connectivity index (χ0v) is 9.85. The number of nitrogens with two attached hydrogens (primary N) is 1. The van der Waals surface area contributed by atoms with E-state index in [1.807, 2.05) is 30.3 Å². The smallest absolute Gasteiger partial charge is 0.318 e. The topological polar surface area (TPSA) is 80.4 Å². The SMILES string of the molecule is CC(CCCc1ccccc1)(C(N)=O)C(=O)O. The standard InChI is InChI=1S/C13H17NO3/c1-13(11(14)15,12(16)17)9-5-8-10-6-3-2-4-7-10/h2-4,6-7H,5,8-9H2,1H3,(H2,14,15)(H,16,17). The number of primary amides is 1. The molecule has 0 radical (unpaired) electrons. The van der Waals surface area contributed by atoms with E-state index in [0.717, 1.165) is 12.0 Å². The molecule has 1 rings (SSSR count). The molecule has 4 heteroatoms. The van der Waals surface area contributed by atoms with Gasteiger partial charge in [0, 0.05) is 0 Å². The molecule has 1 aromatic rings. The fourth-order valence-corrected chi connectivity index (χ4v) is 1.63. The van der Waals surface area contributed by atoms with E-state index >= 15 is 0 Å². The van der Waals surface area contributed by atoms with Gasteiger partial charge in [-0.05, 0) is 31.7 Å². The van der Waals surface area contributed by atoms with Crippen molar-refractivity contribution in [2.24, 2.45) is 11.1 Å². The van der Waals surface area contributed by atoms with E-state index in [1.54, 1.807) is 0 Å². The highest BCUT2D eigenvalue weighted by Gasteiger charge is 2.38. The summed E-state index contributed by atoms with van der Waals surface area (Å²) in [5, 5.41) is 9.00. The van der Waals surface area contributed by atoms with E-state index in [-0.39, 0.29) is 6.42 Å².